The third-order valence-corrected chi connectivity index (χ3v) is 1.31. The fourth-order valence-corrected chi connectivity index (χ4v) is 0.768. The smallest absolute Gasteiger partial charge is 0.258 e. The minimum Gasteiger partial charge on any atom is -0.258 e. The van der Waals surface area contributed by atoms with Crippen molar-refractivity contribution in [3.8, 4) is 0 Å². The van der Waals surface area contributed by atoms with Crippen molar-refractivity contribution in [1.82, 2.24) is 0 Å². The molecule has 0 heterocycles. The van der Waals surface area contributed by atoms with Crippen LogP contribution in [0.4, 0.5) is 5.69 Å². The molecule has 0 N–H and O–H groups in total. The minimum atomic E-state index is -0.380. The molecule has 1 aromatic carbocycles. The van der Waals surface area contributed by atoms with Gasteiger partial charge in [0, 0.05) is 13.1 Å². The van der Waals surface area contributed by atoms with Crippen molar-refractivity contribution in [1.29, 1.82) is 0 Å². The van der Waals surface area contributed by atoms with Gasteiger partial charge in [0.2, 0.25) is 0 Å². The summed E-state index contributed by atoms with van der Waals surface area (Å²) in [5.74, 6) is 0. The maximum atomic E-state index is 10.2. The van der Waals surface area contributed by atoms with Crippen LogP contribution in [0.25, 0.3) is 0 Å². The summed E-state index contributed by atoms with van der Waals surface area (Å²) in [5, 5.41) is 10.2. The molecule has 0 aliphatic carbocycles. The Bertz CT molecular complexity index is 262. The van der Waals surface area contributed by atoms with Crippen molar-refractivity contribution in [3.05, 3.63) is 39.9 Å². The Hall–Kier alpha value is -1.38. The van der Waals surface area contributed by atoms with Gasteiger partial charge in [-0.1, -0.05) is 18.2 Å². The highest BCUT2D eigenvalue weighted by atomic mass is 16.6. The van der Waals surface area contributed by atoms with E-state index in [1.54, 1.807) is 25.1 Å². The van der Waals surface area contributed by atoms with E-state index < -0.39 is 0 Å². The van der Waals surface area contributed by atoms with Gasteiger partial charge in [-0.25, -0.2) is 0 Å². The van der Waals surface area contributed by atoms with Crippen LogP contribution in [-0.4, -0.2) is 4.92 Å². The molecule has 0 saturated carbocycles. The molecule has 0 saturated heterocycles. The van der Waals surface area contributed by atoms with Crippen molar-refractivity contribution in [2.75, 3.05) is 0 Å². The van der Waals surface area contributed by atoms with E-state index in [9.17, 15) is 10.1 Å². The Kier molecular flexibility index (Phi) is 1.67. The van der Waals surface area contributed by atoms with E-state index in [2.05, 4.69) is 0 Å². The number of rotatable bonds is 1. The van der Waals surface area contributed by atoms with E-state index in [4.69, 9.17) is 0 Å². The fraction of sp³-hybridized carbons (Fsp3) is 0.143. The van der Waals surface area contributed by atoms with Crippen molar-refractivity contribution >= 4 is 5.69 Å². The lowest BCUT2D eigenvalue weighted by atomic mass is 10.2. The number of nitrogens with zero attached hydrogens (tertiary/aromatic N) is 1. The number of nitro groups is 1. The van der Waals surface area contributed by atoms with Gasteiger partial charge < -0.3 is 0 Å². The Morgan fingerprint density at radius 3 is 2.50 bits per heavy atom. The largest absolute Gasteiger partial charge is 0.272 e. The molecule has 0 amide bonds. The second-order valence-electron chi connectivity index (χ2n) is 2.04. The quantitative estimate of drug-likeness (QED) is 0.442. The zero-order valence-electron chi connectivity index (χ0n) is 5.57. The summed E-state index contributed by atoms with van der Waals surface area (Å²) in [7, 11) is 0. The van der Waals surface area contributed by atoms with Crippen LogP contribution in [0, 0.1) is 17.0 Å². The summed E-state index contributed by atoms with van der Waals surface area (Å²) in [5.41, 5.74) is 0.884. The molecule has 0 spiro atoms. The summed E-state index contributed by atoms with van der Waals surface area (Å²) in [4.78, 5) is 9.85. The second-order valence-corrected chi connectivity index (χ2v) is 2.04. The molecule has 0 radical (unpaired) electrons. The zero-order valence-corrected chi connectivity index (χ0v) is 5.57. The van der Waals surface area contributed by atoms with E-state index in [1.807, 2.05) is 0 Å². The second kappa shape index (κ2) is 2.47. The number of benzene rings is 1. The molecule has 54 valence electrons. The normalized spacial score (nSPS) is 9.30. The molecule has 0 aromatic heterocycles. The lowest BCUT2D eigenvalue weighted by Crippen LogP contribution is -1.89. The van der Waals surface area contributed by atoms with E-state index in [0.717, 1.165) is 0 Å². The van der Waals surface area contributed by atoms with Gasteiger partial charge in [-0.15, -0.1) is 0 Å². The van der Waals surface area contributed by atoms with Crippen molar-refractivity contribution in [2.24, 2.45) is 0 Å². The molecule has 3 heteroatoms. The Morgan fingerprint density at radius 1 is 1.50 bits per heavy atom. The SMILES string of the molecule is Cc1ccccc1[N+](=O)[O-].[HH]. The number of hydrogen-bond acceptors (Lipinski definition) is 2. The molecule has 3 nitrogen and oxygen atoms in total. The summed E-state index contributed by atoms with van der Waals surface area (Å²) in [6, 6.07) is 6.65. The lowest BCUT2D eigenvalue weighted by Gasteiger charge is -1.92. The van der Waals surface area contributed by atoms with E-state index in [1.165, 1.54) is 6.07 Å². The van der Waals surface area contributed by atoms with Crippen LogP contribution in [-0.2, 0) is 0 Å². The third kappa shape index (κ3) is 1.13. The van der Waals surface area contributed by atoms with Crippen LogP contribution in [0.2, 0.25) is 0 Å². The summed E-state index contributed by atoms with van der Waals surface area (Å²) in [6.07, 6.45) is 0. The van der Waals surface area contributed by atoms with E-state index in [0.29, 0.717) is 5.56 Å². The first-order valence-electron chi connectivity index (χ1n) is 2.92. The first kappa shape index (κ1) is 6.74. The molecule has 0 atom stereocenters. The molecule has 0 aliphatic heterocycles. The standard InChI is InChI=1S/C7H7NO2.H2/c1-6-4-2-3-5-7(6)8(9)10;/h2-5H,1H3;1H. The van der Waals surface area contributed by atoms with Crippen molar-refractivity contribution in [2.45, 2.75) is 6.92 Å². The van der Waals surface area contributed by atoms with Crippen molar-refractivity contribution in [3.63, 3.8) is 0 Å². The maximum Gasteiger partial charge on any atom is 0.272 e. The number of aryl methyl sites for hydroxylation is 1. The number of para-hydroxylation sites is 1. The molecule has 1 aromatic rings. The fourth-order valence-electron chi connectivity index (χ4n) is 0.768. The van der Waals surface area contributed by atoms with Gasteiger partial charge in [-0.3, -0.25) is 10.1 Å². The molecule has 0 bridgehead atoms. The van der Waals surface area contributed by atoms with Gasteiger partial charge in [-0.2, -0.15) is 0 Å². The Labute approximate surface area is 59.9 Å². The predicted molar refractivity (Wildman–Crippen MR) is 39.9 cm³/mol. The summed E-state index contributed by atoms with van der Waals surface area (Å²) < 4.78 is 0. The van der Waals surface area contributed by atoms with Crippen LogP contribution in [0.3, 0.4) is 0 Å². The van der Waals surface area contributed by atoms with Gasteiger partial charge in [0.25, 0.3) is 5.69 Å². The minimum absolute atomic E-state index is 0. The summed E-state index contributed by atoms with van der Waals surface area (Å²) >= 11 is 0. The first-order valence-corrected chi connectivity index (χ1v) is 2.92. The highest BCUT2D eigenvalue weighted by molar-refractivity contribution is 5.38. The monoisotopic (exact) mass is 139 g/mol. The zero-order chi connectivity index (χ0) is 7.56. The van der Waals surface area contributed by atoms with Crippen LogP contribution >= 0.6 is 0 Å². The number of nitro benzene ring substituents is 1. The molecule has 0 unspecified atom stereocenters. The average Bonchev–Trinajstić information content (AvgIpc) is 1.88. The topological polar surface area (TPSA) is 43.1 Å². The van der Waals surface area contributed by atoms with E-state index >= 15 is 0 Å². The van der Waals surface area contributed by atoms with Crippen molar-refractivity contribution < 1.29 is 6.35 Å². The van der Waals surface area contributed by atoms with Crippen LogP contribution < -0.4 is 0 Å². The average molecular weight is 139 g/mol. The van der Waals surface area contributed by atoms with Gasteiger partial charge in [0.05, 0.1) is 4.92 Å². The Balaban J connectivity index is 0.000001000. The first-order chi connectivity index (χ1) is 4.72. The van der Waals surface area contributed by atoms with Gasteiger partial charge in [-0.05, 0) is 6.92 Å². The van der Waals surface area contributed by atoms with Gasteiger partial charge in [0.15, 0.2) is 0 Å². The molecule has 0 fully saturated rings. The van der Waals surface area contributed by atoms with Crippen LogP contribution in [0.1, 0.15) is 6.99 Å². The third-order valence-electron chi connectivity index (χ3n) is 1.31. The van der Waals surface area contributed by atoms with Gasteiger partial charge >= 0.3 is 0 Å². The maximum absolute atomic E-state index is 10.2. The van der Waals surface area contributed by atoms with E-state index in [-0.39, 0.29) is 12.0 Å². The number of hydrogen-bond donors (Lipinski definition) is 0. The molecule has 1 rings (SSSR count). The molecular weight excluding hydrogens is 130 g/mol. The molecular formula is C7H9NO2. The predicted octanol–water partition coefficient (Wildman–Crippen LogP) is 2.15. The highest BCUT2D eigenvalue weighted by Crippen LogP contribution is 2.14. The van der Waals surface area contributed by atoms with Gasteiger partial charge in [0.1, 0.15) is 0 Å². The molecule has 0 aliphatic rings. The van der Waals surface area contributed by atoms with Crippen LogP contribution in [0.5, 0.6) is 0 Å². The van der Waals surface area contributed by atoms with Crippen LogP contribution in [0.15, 0.2) is 24.3 Å². The summed E-state index contributed by atoms with van der Waals surface area (Å²) in [6.45, 7) is 1.72. The lowest BCUT2D eigenvalue weighted by molar-refractivity contribution is -0.385. The molecule has 10 heavy (non-hydrogen) atoms. The highest BCUT2D eigenvalue weighted by Gasteiger charge is 2.05. The Morgan fingerprint density at radius 2 is 2.10 bits per heavy atom.